The molecule has 1 fully saturated rings. The SMILES string of the molecule is O=C1NC(=S)S/C1=C\c1ccc2c(c1)OCCO2. The smallest absolute Gasteiger partial charge is 0.263 e. The molecule has 0 aromatic heterocycles. The fourth-order valence-electron chi connectivity index (χ4n) is 1.72. The lowest BCUT2D eigenvalue weighted by Crippen LogP contribution is -2.17. The molecule has 0 radical (unpaired) electrons. The minimum atomic E-state index is -0.153. The summed E-state index contributed by atoms with van der Waals surface area (Å²) < 4.78 is 11.4. The maximum atomic E-state index is 11.5. The summed E-state index contributed by atoms with van der Waals surface area (Å²) >= 11 is 6.20. The number of amides is 1. The summed E-state index contributed by atoms with van der Waals surface area (Å²) in [5.74, 6) is 1.30. The van der Waals surface area contributed by atoms with E-state index in [0.717, 1.165) is 11.3 Å². The standard InChI is InChI=1S/C12H9NO3S2/c14-11-10(18-12(17)13-11)6-7-1-2-8-9(5-7)16-4-3-15-8/h1-2,5-6H,3-4H2,(H,13,14,17)/b10-6-. The molecular weight excluding hydrogens is 270 g/mol. The molecule has 2 heterocycles. The molecule has 2 aliphatic rings. The van der Waals surface area contributed by atoms with Gasteiger partial charge in [0.2, 0.25) is 0 Å². The Bertz CT molecular complexity index is 568. The number of rotatable bonds is 1. The third kappa shape index (κ3) is 2.21. The molecule has 0 aliphatic carbocycles. The fourth-order valence-corrected chi connectivity index (χ4v) is 2.77. The van der Waals surface area contributed by atoms with Gasteiger partial charge >= 0.3 is 0 Å². The van der Waals surface area contributed by atoms with Crippen LogP contribution in [0.25, 0.3) is 6.08 Å². The maximum absolute atomic E-state index is 11.5. The average molecular weight is 279 g/mol. The van der Waals surface area contributed by atoms with E-state index in [9.17, 15) is 4.79 Å². The van der Waals surface area contributed by atoms with Gasteiger partial charge in [0.05, 0.1) is 4.91 Å². The van der Waals surface area contributed by atoms with Gasteiger partial charge in [-0.2, -0.15) is 0 Å². The second-order valence-electron chi connectivity index (χ2n) is 3.76. The molecule has 4 nitrogen and oxygen atoms in total. The fraction of sp³-hybridized carbons (Fsp3) is 0.167. The number of hydrogen-bond donors (Lipinski definition) is 1. The number of ether oxygens (including phenoxy) is 2. The van der Waals surface area contributed by atoms with Gasteiger partial charge in [0.1, 0.15) is 17.5 Å². The Morgan fingerprint density at radius 2 is 2.06 bits per heavy atom. The van der Waals surface area contributed by atoms with Crippen molar-refractivity contribution in [3.8, 4) is 11.5 Å². The molecule has 0 spiro atoms. The van der Waals surface area contributed by atoms with E-state index >= 15 is 0 Å². The quantitative estimate of drug-likeness (QED) is 0.629. The Hall–Kier alpha value is -1.53. The van der Waals surface area contributed by atoms with Crippen molar-refractivity contribution in [2.75, 3.05) is 13.2 Å². The molecule has 1 saturated heterocycles. The van der Waals surface area contributed by atoms with Crippen LogP contribution < -0.4 is 14.8 Å². The summed E-state index contributed by atoms with van der Waals surface area (Å²) in [4.78, 5) is 12.1. The van der Waals surface area contributed by atoms with Gasteiger partial charge in [-0.25, -0.2) is 0 Å². The Balaban J connectivity index is 1.91. The highest BCUT2D eigenvalue weighted by molar-refractivity contribution is 8.26. The highest BCUT2D eigenvalue weighted by Crippen LogP contribution is 2.33. The second kappa shape index (κ2) is 4.62. The van der Waals surface area contributed by atoms with Crippen molar-refractivity contribution in [3.05, 3.63) is 28.7 Å². The van der Waals surface area contributed by atoms with Gasteiger partial charge < -0.3 is 14.8 Å². The van der Waals surface area contributed by atoms with Crippen molar-refractivity contribution >= 4 is 40.3 Å². The summed E-state index contributed by atoms with van der Waals surface area (Å²) in [7, 11) is 0. The zero-order chi connectivity index (χ0) is 12.5. The summed E-state index contributed by atoms with van der Waals surface area (Å²) in [5.41, 5.74) is 0.890. The number of carbonyl (C=O) groups is 1. The molecule has 2 aliphatic heterocycles. The molecule has 1 aromatic rings. The minimum absolute atomic E-state index is 0.153. The number of thioether (sulfide) groups is 1. The highest BCUT2D eigenvalue weighted by Gasteiger charge is 2.22. The van der Waals surface area contributed by atoms with Crippen LogP contribution in [-0.4, -0.2) is 23.4 Å². The van der Waals surface area contributed by atoms with Gasteiger partial charge in [0, 0.05) is 0 Å². The van der Waals surface area contributed by atoms with Crippen LogP contribution in [0.15, 0.2) is 23.1 Å². The van der Waals surface area contributed by atoms with Crippen LogP contribution in [0.3, 0.4) is 0 Å². The molecule has 1 N–H and O–H groups in total. The number of thiocarbonyl (C=S) groups is 1. The Kier molecular flexibility index (Phi) is 2.97. The second-order valence-corrected chi connectivity index (χ2v) is 5.47. The maximum Gasteiger partial charge on any atom is 0.263 e. The molecule has 0 bridgehead atoms. The summed E-state index contributed by atoms with van der Waals surface area (Å²) in [6, 6.07) is 5.59. The lowest BCUT2D eigenvalue weighted by molar-refractivity contribution is -0.115. The van der Waals surface area contributed by atoms with E-state index in [1.807, 2.05) is 18.2 Å². The van der Waals surface area contributed by atoms with E-state index in [1.54, 1.807) is 6.08 Å². The molecule has 1 aromatic carbocycles. The largest absolute Gasteiger partial charge is 0.486 e. The van der Waals surface area contributed by atoms with Crippen molar-refractivity contribution in [2.24, 2.45) is 0 Å². The van der Waals surface area contributed by atoms with Crippen LogP contribution in [0.5, 0.6) is 11.5 Å². The molecule has 0 unspecified atom stereocenters. The molecule has 18 heavy (non-hydrogen) atoms. The number of nitrogens with one attached hydrogen (secondary N) is 1. The topological polar surface area (TPSA) is 47.6 Å². The van der Waals surface area contributed by atoms with Gasteiger partial charge in [-0.1, -0.05) is 30.0 Å². The van der Waals surface area contributed by atoms with Crippen molar-refractivity contribution in [1.29, 1.82) is 0 Å². The van der Waals surface area contributed by atoms with Gasteiger partial charge in [0.15, 0.2) is 11.5 Å². The molecular formula is C12H9NO3S2. The summed E-state index contributed by atoms with van der Waals surface area (Å²) in [6.45, 7) is 1.12. The molecule has 92 valence electrons. The van der Waals surface area contributed by atoms with Gasteiger partial charge in [-0.3, -0.25) is 4.79 Å². The van der Waals surface area contributed by atoms with Crippen LogP contribution in [-0.2, 0) is 4.79 Å². The van der Waals surface area contributed by atoms with E-state index in [-0.39, 0.29) is 5.91 Å². The van der Waals surface area contributed by atoms with E-state index in [2.05, 4.69) is 5.32 Å². The van der Waals surface area contributed by atoms with E-state index in [4.69, 9.17) is 21.7 Å². The predicted octanol–water partition coefficient (Wildman–Crippen LogP) is 1.95. The first-order chi connectivity index (χ1) is 8.72. The molecule has 3 rings (SSSR count). The van der Waals surface area contributed by atoms with Crippen LogP contribution in [0.1, 0.15) is 5.56 Å². The normalized spacial score (nSPS) is 20.1. The van der Waals surface area contributed by atoms with Gasteiger partial charge in [-0.05, 0) is 23.8 Å². The first-order valence-corrected chi connectivity index (χ1v) is 6.59. The first-order valence-electron chi connectivity index (χ1n) is 5.37. The summed E-state index contributed by atoms with van der Waals surface area (Å²) in [6.07, 6.45) is 1.79. The van der Waals surface area contributed by atoms with Crippen molar-refractivity contribution in [3.63, 3.8) is 0 Å². The predicted molar refractivity (Wildman–Crippen MR) is 73.7 cm³/mol. The van der Waals surface area contributed by atoms with Gasteiger partial charge in [-0.15, -0.1) is 0 Å². The molecule has 1 amide bonds. The zero-order valence-electron chi connectivity index (χ0n) is 9.26. The van der Waals surface area contributed by atoms with Crippen molar-refractivity contribution in [1.82, 2.24) is 5.32 Å². The molecule has 6 heteroatoms. The van der Waals surface area contributed by atoms with Crippen LogP contribution in [0.2, 0.25) is 0 Å². The van der Waals surface area contributed by atoms with Crippen LogP contribution in [0, 0.1) is 0 Å². The minimum Gasteiger partial charge on any atom is -0.486 e. The monoisotopic (exact) mass is 279 g/mol. The van der Waals surface area contributed by atoms with E-state index in [0.29, 0.717) is 28.2 Å². The Morgan fingerprint density at radius 3 is 2.78 bits per heavy atom. The number of carbonyl (C=O) groups excluding carboxylic acids is 1. The van der Waals surface area contributed by atoms with E-state index in [1.165, 1.54) is 11.8 Å². The Labute approximate surface area is 113 Å². The third-order valence-corrected chi connectivity index (χ3v) is 3.67. The molecule has 0 atom stereocenters. The first kappa shape index (κ1) is 11.6. The highest BCUT2D eigenvalue weighted by atomic mass is 32.2. The summed E-state index contributed by atoms with van der Waals surface area (Å²) in [5, 5.41) is 2.58. The lowest BCUT2D eigenvalue weighted by Gasteiger charge is -2.18. The Morgan fingerprint density at radius 1 is 1.28 bits per heavy atom. The average Bonchev–Trinajstić information content (AvgIpc) is 2.68. The van der Waals surface area contributed by atoms with Crippen molar-refractivity contribution < 1.29 is 14.3 Å². The van der Waals surface area contributed by atoms with Crippen LogP contribution in [0.4, 0.5) is 0 Å². The van der Waals surface area contributed by atoms with Gasteiger partial charge in [0.25, 0.3) is 5.91 Å². The molecule has 0 saturated carbocycles. The zero-order valence-corrected chi connectivity index (χ0v) is 10.9. The number of fused-ring (bicyclic) bond motifs is 1. The number of hydrogen-bond acceptors (Lipinski definition) is 5. The third-order valence-electron chi connectivity index (χ3n) is 2.51. The van der Waals surface area contributed by atoms with Crippen LogP contribution >= 0.6 is 24.0 Å². The number of benzene rings is 1. The van der Waals surface area contributed by atoms with E-state index < -0.39 is 0 Å². The van der Waals surface area contributed by atoms with Crippen molar-refractivity contribution in [2.45, 2.75) is 0 Å². The lowest BCUT2D eigenvalue weighted by atomic mass is 10.2.